The molecular weight excluding hydrogens is 169 g/mol. The highest BCUT2D eigenvalue weighted by molar-refractivity contribution is 4.98. The summed E-state index contributed by atoms with van der Waals surface area (Å²) in [7, 11) is 0. The normalized spacial score (nSPS) is 38.1. The average molecular weight is 187 g/mol. The Hall–Kier alpha value is -0.150. The van der Waals surface area contributed by atoms with Gasteiger partial charge < -0.3 is 5.11 Å². The summed E-state index contributed by atoms with van der Waals surface area (Å²) in [5, 5.41) is 9.61. The second-order valence-corrected chi connectivity index (χ2v) is 4.58. The van der Waals surface area contributed by atoms with Gasteiger partial charge in [-0.05, 0) is 25.2 Å². The van der Waals surface area contributed by atoms with Crippen molar-refractivity contribution in [3.63, 3.8) is 0 Å². The highest BCUT2D eigenvalue weighted by atomic mass is 19.1. The van der Waals surface area contributed by atoms with Gasteiger partial charge >= 0.3 is 0 Å². The van der Waals surface area contributed by atoms with Crippen LogP contribution < -0.4 is 0 Å². The van der Waals surface area contributed by atoms with Crippen molar-refractivity contribution in [2.45, 2.75) is 38.0 Å². The number of aliphatic hydroxyl groups is 1. The molecule has 3 heteroatoms. The number of hydrogen-bond donors (Lipinski definition) is 1. The Bertz CT molecular complexity index is 193. The predicted molar refractivity (Wildman–Crippen MR) is 49.3 cm³/mol. The molecule has 2 unspecified atom stereocenters. The van der Waals surface area contributed by atoms with E-state index in [1.54, 1.807) is 0 Å². The zero-order valence-corrected chi connectivity index (χ0v) is 8.17. The van der Waals surface area contributed by atoms with E-state index in [0.29, 0.717) is 19.0 Å². The van der Waals surface area contributed by atoms with Gasteiger partial charge in [-0.2, -0.15) is 0 Å². The van der Waals surface area contributed by atoms with Gasteiger partial charge in [0.05, 0.1) is 6.10 Å². The minimum Gasteiger partial charge on any atom is -0.391 e. The van der Waals surface area contributed by atoms with E-state index in [4.69, 9.17) is 0 Å². The monoisotopic (exact) mass is 187 g/mol. The molecule has 0 spiro atoms. The van der Waals surface area contributed by atoms with Crippen LogP contribution >= 0.6 is 0 Å². The highest BCUT2D eigenvalue weighted by Crippen LogP contribution is 2.41. The lowest BCUT2D eigenvalue weighted by Crippen LogP contribution is -2.30. The summed E-state index contributed by atoms with van der Waals surface area (Å²) in [6.07, 6.45) is 2.20. The summed E-state index contributed by atoms with van der Waals surface area (Å²) in [6.45, 7) is 4.17. The molecule has 1 aliphatic carbocycles. The zero-order valence-electron chi connectivity index (χ0n) is 8.17. The number of alkyl halides is 1. The maximum Gasteiger partial charge on any atom is 0.123 e. The van der Waals surface area contributed by atoms with Crippen molar-refractivity contribution in [2.24, 2.45) is 5.92 Å². The Morgan fingerprint density at radius 2 is 2.15 bits per heavy atom. The van der Waals surface area contributed by atoms with Crippen molar-refractivity contribution in [3.8, 4) is 0 Å². The summed E-state index contributed by atoms with van der Waals surface area (Å²) < 4.78 is 13.4. The van der Waals surface area contributed by atoms with E-state index in [1.165, 1.54) is 0 Å². The summed E-state index contributed by atoms with van der Waals surface area (Å²) in [4.78, 5) is 2.08. The molecule has 0 aromatic rings. The second-order valence-electron chi connectivity index (χ2n) is 4.58. The number of likely N-dealkylation sites (tertiary alicyclic amines) is 1. The number of hydrogen-bond acceptors (Lipinski definition) is 2. The van der Waals surface area contributed by atoms with E-state index >= 15 is 0 Å². The molecule has 2 nitrogen and oxygen atoms in total. The quantitative estimate of drug-likeness (QED) is 0.717. The Kier molecular flexibility index (Phi) is 2.32. The molecule has 0 bridgehead atoms. The van der Waals surface area contributed by atoms with Gasteiger partial charge in [0, 0.05) is 19.6 Å². The fraction of sp³-hybridized carbons (Fsp3) is 1.00. The molecule has 13 heavy (non-hydrogen) atoms. The number of nitrogens with zero attached hydrogens (tertiary/aromatic N) is 1. The Labute approximate surface area is 78.7 Å². The van der Waals surface area contributed by atoms with Gasteiger partial charge in [0.25, 0.3) is 0 Å². The highest BCUT2D eigenvalue weighted by Gasteiger charge is 2.46. The van der Waals surface area contributed by atoms with Crippen LogP contribution in [0.4, 0.5) is 4.39 Å². The van der Waals surface area contributed by atoms with E-state index < -0.39 is 5.67 Å². The fourth-order valence-corrected chi connectivity index (χ4v) is 2.17. The number of halogens is 1. The first-order chi connectivity index (χ1) is 6.13. The minimum atomic E-state index is -0.900. The smallest absolute Gasteiger partial charge is 0.123 e. The molecule has 2 atom stereocenters. The molecule has 0 amide bonds. The molecule has 0 radical (unpaired) electrons. The Balaban J connectivity index is 1.83. The SMILES string of the molecule is CCC1CN(CC2(F)CC2)CC1O. The van der Waals surface area contributed by atoms with Crippen molar-refractivity contribution in [1.82, 2.24) is 4.90 Å². The van der Waals surface area contributed by atoms with Gasteiger partial charge in [-0.1, -0.05) is 6.92 Å². The third kappa shape index (κ3) is 2.02. The summed E-state index contributed by atoms with van der Waals surface area (Å²) in [5.74, 6) is 0.363. The summed E-state index contributed by atoms with van der Waals surface area (Å²) in [5.41, 5.74) is -0.900. The zero-order chi connectivity index (χ0) is 9.47. The second kappa shape index (κ2) is 3.21. The molecule has 2 fully saturated rings. The first-order valence-electron chi connectivity index (χ1n) is 5.22. The van der Waals surface area contributed by atoms with Crippen molar-refractivity contribution >= 4 is 0 Å². The van der Waals surface area contributed by atoms with Crippen LogP contribution in [0.2, 0.25) is 0 Å². The minimum absolute atomic E-state index is 0.229. The first kappa shape index (κ1) is 9.41. The number of rotatable bonds is 3. The molecule has 2 rings (SSSR count). The summed E-state index contributed by atoms with van der Waals surface area (Å²) >= 11 is 0. The van der Waals surface area contributed by atoms with Gasteiger partial charge in [0.15, 0.2) is 0 Å². The molecule has 1 saturated carbocycles. The van der Waals surface area contributed by atoms with Gasteiger partial charge in [-0.3, -0.25) is 4.90 Å². The van der Waals surface area contributed by atoms with E-state index in [1.807, 2.05) is 0 Å². The number of aliphatic hydroxyl groups excluding tert-OH is 1. The van der Waals surface area contributed by atoms with Crippen molar-refractivity contribution in [2.75, 3.05) is 19.6 Å². The lowest BCUT2D eigenvalue weighted by Gasteiger charge is -2.17. The predicted octanol–water partition coefficient (Wildman–Crippen LogP) is 1.19. The Morgan fingerprint density at radius 3 is 2.62 bits per heavy atom. The summed E-state index contributed by atoms with van der Waals surface area (Å²) in [6, 6.07) is 0. The third-order valence-corrected chi connectivity index (χ3v) is 3.31. The standard InChI is InChI=1S/C10H18FNO/c1-2-8-5-12(6-9(8)13)7-10(11)3-4-10/h8-9,13H,2-7H2,1H3. The molecule has 0 aromatic heterocycles. The first-order valence-corrected chi connectivity index (χ1v) is 5.22. The van der Waals surface area contributed by atoms with Crippen LogP contribution in [0.25, 0.3) is 0 Å². The van der Waals surface area contributed by atoms with E-state index in [2.05, 4.69) is 11.8 Å². The lowest BCUT2D eigenvalue weighted by molar-refractivity contribution is 0.134. The molecule has 1 aliphatic heterocycles. The van der Waals surface area contributed by atoms with Gasteiger partial charge in [-0.25, -0.2) is 4.39 Å². The maximum atomic E-state index is 13.4. The van der Waals surface area contributed by atoms with Gasteiger partial charge in [0.1, 0.15) is 5.67 Å². The van der Waals surface area contributed by atoms with Crippen molar-refractivity contribution in [1.29, 1.82) is 0 Å². The average Bonchev–Trinajstić information content (AvgIpc) is 2.67. The van der Waals surface area contributed by atoms with E-state index in [-0.39, 0.29) is 6.10 Å². The molecular formula is C10H18FNO. The molecule has 76 valence electrons. The van der Waals surface area contributed by atoms with E-state index in [9.17, 15) is 9.50 Å². The third-order valence-electron chi connectivity index (χ3n) is 3.31. The van der Waals surface area contributed by atoms with Crippen molar-refractivity contribution < 1.29 is 9.50 Å². The Morgan fingerprint density at radius 1 is 1.46 bits per heavy atom. The van der Waals surface area contributed by atoms with Crippen molar-refractivity contribution in [3.05, 3.63) is 0 Å². The van der Waals surface area contributed by atoms with Crippen LogP contribution in [0, 0.1) is 5.92 Å². The molecule has 0 aromatic carbocycles. The topological polar surface area (TPSA) is 23.5 Å². The van der Waals surface area contributed by atoms with E-state index in [0.717, 1.165) is 25.8 Å². The van der Waals surface area contributed by atoms with Crippen LogP contribution in [0.1, 0.15) is 26.2 Å². The fourth-order valence-electron chi connectivity index (χ4n) is 2.17. The molecule has 1 saturated heterocycles. The molecule has 1 heterocycles. The number of β-amino-alcohol motifs (C(OH)–C–C–N with tert-alkyl or cyclic N) is 1. The van der Waals surface area contributed by atoms with Gasteiger partial charge in [-0.15, -0.1) is 0 Å². The van der Waals surface area contributed by atoms with Crippen LogP contribution in [0.5, 0.6) is 0 Å². The van der Waals surface area contributed by atoms with Gasteiger partial charge in [0.2, 0.25) is 0 Å². The molecule has 1 N–H and O–H groups in total. The van der Waals surface area contributed by atoms with Crippen LogP contribution in [-0.4, -0.2) is 41.4 Å². The molecule has 2 aliphatic rings. The van der Waals surface area contributed by atoms with Crippen LogP contribution in [0.15, 0.2) is 0 Å². The van der Waals surface area contributed by atoms with Crippen LogP contribution in [0.3, 0.4) is 0 Å². The lowest BCUT2D eigenvalue weighted by atomic mass is 10.0. The largest absolute Gasteiger partial charge is 0.391 e. The van der Waals surface area contributed by atoms with Crippen LogP contribution in [-0.2, 0) is 0 Å². The maximum absolute atomic E-state index is 13.4.